The fraction of sp³-hybridized carbons (Fsp3) is 0.889. The molecule has 0 aliphatic carbocycles. The number of rotatable bonds is 5. The topological polar surface area (TPSA) is 73.6 Å². The molecule has 0 spiro atoms. The number of hydrogen-bond donors (Lipinski definition) is 2. The molecule has 3 N–H and O–H groups in total. The van der Waals surface area contributed by atoms with Crippen LogP contribution in [0.1, 0.15) is 6.42 Å². The van der Waals surface area contributed by atoms with E-state index in [-0.39, 0.29) is 17.9 Å². The lowest BCUT2D eigenvalue weighted by atomic mass is 10.1. The maximum atomic E-state index is 11.6. The van der Waals surface area contributed by atoms with Crippen LogP contribution in [0.3, 0.4) is 0 Å². The molecule has 0 aromatic heterocycles. The largest absolute Gasteiger partial charge is 0.383 e. The van der Waals surface area contributed by atoms with E-state index in [0.717, 1.165) is 6.42 Å². The number of ether oxygens (including phenoxy) is 2. The SMILES string of the molecule is COCC(CN)NC(=O)C1CCOC1. The number of nitrogens with one attached hydrogen (secondary N) is 1. The highest BCUT2D eigenvalue weighted by atomic mass is 16.5. The van der Waals surface area contributed by atoms with Gasteiger partial charge in [-0.15, -0.1) is 0 Å². The van der Waals surface area contributed by atoms with E-state index in [0.29, 0.717) is 26.4 Å². The van der Waals surface area contributed by atoms with Gasteiger partial charge >= 0.3 is 0 Å². The van der Waals surface area contributed by atoms with Crippen molar-refractivity contribution in [2.24, 2.45) is 11.7 Å². The number of amides is 1. The van der Waals surface area contributed by atoms with Gasteiger partial charge in [0.1, 0.15) is 0 Å². The first-order chi connectivity index (χ1) is 6.77. The number of methoxy groups -OCH3 is 1. The van der Waals surface area contributed by atoms with Crippen LogP contribution in [-0.2, 0) is 14.3 Å². The molecule has 0 aromatic carbocycles. The molecule has 2 atom stereocenters. The van der Waals surface area contributed by atoms with Gasteiger partial charge in [0, 0.05) is 20.3 Å². The molecule has 2 unspecified atom stereocenters. The predicted octanol–water partition coefficient (Wildman–Crippen LogP) is -0.887. The average Bonchev–Trinajstić information content (AvgIpc) is 2.69. The van der Waals surface area contributed by atoms with Gasteiger partial charge in [0.25, 0.3) is 0 Å². The highest BCUT2D eigenvalue weighted by Crippen LogP contribution is 2.12. The second-order valence-corrected chi connectivity index (χ2v) is 3.46. The summed E-state index contributed by atoms with van der Waals surface area (Å²) >= 11 is 0. The van der Waals surface area contributed by atoms with E-state index >= 15 is 0 Å². The molecular weight excluding hydrogens is 184 g/mol. The van der Waals surface area contributed by atoms with Crippen molar-refractivity contribution in [3.8, 4) is 0 Å². The lowest BCUT2D eigenvalue weighted by Crippen LogP contribution is -2.45. The van der Waals surface area contributed by atoms with Gasteiger partial charge in [-0.1, -0.05) is 0 Å². The van der Waals surface area contributed by atoms with Gasteiger partial charge in [-0.3, -0.25) is 4.79 Å². The maximum absolute atomic E-state index is 11.6. The van der Waals surface area contributed by atoms with Gasteiger partial charge in [-0.2, -0.15) is 0 Å². The first-order valence-electron chi connectivity index (χ1n) is 4.85. The van der Waals surface area contributed by atoms with Crippen molar-refractivity contribution in [1.29, 1.82) is 0 Å². The summed E-state index contributed by atoms with van der Waals surface area (Å²) in [5.41, 5.74) is 5.48. The van der Waals surface area contributed by atoms with Crippen LogP contribution in [0.25, 0.3) is 0 Å². The summed E-state index contributed by atoms with van der Waals surface area (Å²) in [5, 5.41) is 2.84. The zero-order valence-corrected chi connectivity index (χ0v) is 8.49. The lowest BCUT2D eigenvalue weighted by Gasteiger charge is -2.17. The summed E-state index contributed by atoms with van der Waals surface area (Å²) in [4.78, 5) is 11.6. The van der Waals surface area contributed by atoms with Crippen molar-refractivity contribution < 1.29 is 14.3 Å². The van der Waals surface area contributed by atoms with Gasteiger partial charge in [0.15, 0.2) is 0 Å². The Kier molecular flexibility index (Phi) is 4.86. The molecule has 5 heteroatoms. The molecule has 14 heavy (non-hydrogen) atoms. The Hall–Kier alpha value is -0.650. The molecule has 1 heterocycles. The third kappa shape index (κ3) is 3.25. The Morgan fingerprint density at radius 3 is 3.07 bits per heavy atom. The second kappa shape index (κ2) is 5.95. The molecule has 1 amide bonds. The van der Waals surface area contributed by atoms with Crippen LogP contribution in [0, 0.1) is 5.92 Å². The Morgan fingerprint density at radius 1 is 1.79 bits per heavy atom. The molecule has 1 aliphatic heterocycles. The number of carbonyl (C=O) groups is 1. The van der Waals surface area contributed by atoms with E-state index in [1.807, 2.05) is 0 Å². The van der Waals surface area contributed by atoms with Gasteiger partial charge < -0.3 is 20.5 Å². The third-order valence-corrected chi connectivity index (χ3v) is 2.30. The quantitative estimate of drug-likeness (QED) is 0.606. The number of carbonyl (C=O) groups excluding carboxylic acids is 1. The molecule has 82 valence electrons. The van der Waals surface area contributed by atoms with E-state index in [4.69, 9.17) is 15.2 Å². The molecule has 1 saturated heterocycles. The fourth-order valence-corrected chi connectivity index (χ4v) is 1.43. The third-order valence-electron chi connectivity index (χ3n) is 2.30. The van der Waals surface area contributed by atoms with Crippen molar-refractivity contribution in [2.45, 2.75) is 12.5 Å². The zero-order valence-electron chi connectivity index (χ0n) is 8.49. The first kappa shape index (κ1) is 11.4. The summed E-state index contributed by atoms with van der Waals surface area (Å²) in [6.45, 7) is 2.05. The van der Waals surface area contributed by atoms with Crippen molar-refractivity contribution in [1.82, 2.24) is 5.32 Å². The average molecular weight is 202 g/mol. The van der Waals surface area contributed by atoms with Crippen molar-refractivity contribution in [2.75, 3.05) is 33.5 Å². The first-order valence-corrected chi connectivity index (χ1v) is 4.85. The van der Waals surface area contributed by atoms with Crippen LogP contribution >= 0.6 is 0 Å². The molecule has 1 rings (SSSR count). The predicted molar refractivity (Wildman–Crippen MR) is 51.8 cm³/mol. The smallest absolute Gasteiger partial charge is 0.225 e. The molecular formula is C9H18N2O3. The van der Waals surface area contributed by atoms with Crippen molar-refractivity contribution in [3.05, 3.63) is 0 Å². The number of hydrogen-bond acceptors (Lipinski definition) is 4. The van der Waals surface area contributed by atoms with Crippen LogP contribution < -0.4 is 11.1 Å². The zero-order chi connectivity index (χ0) is 10.4. The van der Waals surface area contributed by atoms with Crippen molar-refractivity contribution >= 4 is 5.91 Å². The van der Waals surface area contributed by atoms with E-state index in [9.17, 15) is 4.79 Å². The summed E-state index contributed by atoms with van der Waals surface area (Å²) in [6.07, 6.45) is 0.802. The molecule has 0 saturated carbocycles. The molecule has 1 aliphatic rings. The minimum absolute atomic E-state index is 0.0130. The monoisotopic (exact) mass is 202 g/mol. The minimum atomic E-state index is -0.0897. The molecule has 0 radical (unpaired) electrons. The Balaban J connectivity index is 2.29. The highest BCUT2D eigenvalue weighted by Gasteiger charge is 2.24. The lowest BCUT2D eigenvalue weighted by molar-refractivity contribution is -0.126. The van der Waals surface area contributed by atoms with Crippen LogP contribution in [0.2, 0.25) is 0 Å². The minimum Gasteiger partial charge on any atom is -0.383 e. The molecule has 0 aromatic rings. The number of nitrogens with two attached hydrogens (primary N) is 1. The molecule has 0 bridgehead atoms. The van der Waals surface area contributed by atoms with Gasteiger partial charge in [0.05, 0.1) is 25.2 Å². The standard InChI is InChI=1S/C9H18N2O3/c1-13-6-8(4-10)11-9(12)7-2-3-14-5-7/h7-8H,2-6,10H2,1H3,(H,11,12). The summed E-state index contributed by atoms with van der Waals surface area (Å²) < 4.78 is 10.1. The van der Waals surface area contributed by atoms with E-state index in [2.05, 4.69) is 5.32 Å². The summed E-state index contributed by atoms with van der Waals surface area (Å²) in [5.74, 6) is 0.0101. The van der Waals surface area contributed by atoms with Gasteiger partial charge in [-0.25, -0.2) is 0 Å². The Morgan fingerprint density at radius 2 is 2.57 bits per heavy atom. The van der Waals surface area contributed by atoms with Crippen LogP contribution in [0.5, 0.6) is 0 Å². The summed E-state index contributed by atoms with van der Waals surface area (Å²) in [7, 11) is 1.59. The highest BCUT2D eigenvalue weighted by molar-refractivity contribution is 5.79. The van der Waals surface area contributed by atoms with Crippen molar-refractivity contribution in [3.63, 3.8) is 0 Å². The van der Waals surface area contributed by atoms with Crippen LogP contribution in [0.4, 0.5) is 0 Å². The Labute approximate surface area is 83.9 Å². The van der Waals surface area contributed by atoms with E-state index in [1.54, 1.807) is 7.11 Å². The normalized spacial score (nSPS) is 23.4. The molecule has 1 fully saturated rings. The molecule has 5 nitrogen and oxygen atoms in total. The maximum Gasteiger partial charge on any atom is 0.225 e. The van der Waals surface area contributed by atoms with Gasteiger partial charge in [-0.05, 0) is 6.42 Å². The fourth-order valence-electron chi connectivity index (χ4n) is 1.43. The second-order valence-electron chi connectivity index (χ2n) is 3.46. The van der Waals surface area contributed by atoms with E-state index in [1.165, 1.54) is 0 Å². The van der Waals surface area contributed by atoms with Gasteiger partial charge in [0.2, 0.25) is 5.91 Å². The summed E-state index contributed by atoms with van der Waals surface area (Å²) in [6, 6.07) is -0.0897. The Bertz CT molecular complexity index is 181. The van der Waals surface area contributed by atoms with Crippen LogP contribution in [0.15, 0.2) is 0 Å². The van der Waals surface area contributed by atoms with Crippen LogP contribution in [-0.4, -0.2) is 45.4 Å². The van der Waals surface area contributed by atoms with E-state index < -0.39 is 0 Å².